The highest BCUT2D eigenvalue weighted by Crippen LogP contribution is 2.25. The van der Waals surface area contributed by atoms with Crippen LogP contribution in [0.5, 0.6) is 0 Å². The zero-order valence-corrected chi connectivity index (χ0v) is 15.0. The fourth-order valence-corrected chi connectivity index (χ4v) is 3.23. The van der Waals surface area contributed by atoms with Gasteiger partial charge < -0.3 is 10.0 Å². The number of carbonyl (C=O) groups excluding carboxylic acids is 1. The Bertz CT molecular complexity index is 829. The maximum Gasteiger partial charge on any atom is 0.356 e. The molecule has 0 saturated heterocycles. The van der Waals surface area contributed by atoms with Gasteiger partial charge in [0.25, 0.3) is 5.91 Å². The predicted molar refractivity (Wildman–Crippen MR) is 93.8 cm³/mol. The van der Waals surface area contributed by atoms with Gasteiger partial charge in [-0.3, -0.25) is 9.48 Å². The molecule has 0 radical (unpaired) electrons. The standard InChI is InChI=1S/C19H23N3O3/c1-19(2,3)13-7-5-12(6-8-13)17(23)22-10-9-15-14(11-22)16(18(24)25)20-21(15)4/h5-8H,9-11H2,1-4H3,(H,24,25). The van der Waals surface area contributed by atoms with Crippen LogP contribution in [0.1, 0.15) is 58.4 Å². The van der Waals surface area contributed by atoms with E-state index in [0.29, 0.717) is 24.1 Å². The van der Waals surface area contributed by atoms with Gasteiger partial charge in [0.2, 0.25) is 0 Å². The molecule has 1 aromatic carbocycles. The second-order valence-electron chi connectivity index (χ2n) is 7.51. The number of hydrogen-bond acceptors (Lipinski definition) is 3. The number of amides is 1. The first-order valence-corrected chi connectivity index (χ1v) is 8.36. The molecule has 1 aromatic heterocycles. The molecule has 0 fully saturated rings. The number of carbonyl (C=O) groups is 2. The zero-order chi connectivity index (χ0) is 18.4. The number of carboxylic acids is 1. The van der Waals surface area contributed by atoms with E-state index in [9.17, 15) is 14.7 Å². The van der Waals surface area contributed by atoms with Crippen molar-refractivity contribution in [2.75, 3.05) is 6.54 Å². The van der Waals surface area contributed by atoms with Gasteiger partial charge in [-0.2, -0.15) is 5.10 Å². The van der Waals surface area contributed by atoms with E-state index < -0.39 is 5.97 Å². The molecule has 0 bridgehead atoms. The summed E-state index contributed by atoms with van der Waals surface area (Å²) >= 11 is 0. The second-order valence-corrected chi connectivity index (χ2v) is 7.51. The van der Waals surface area contributed by atoms with Gasteiger partial charge in [-0.15, -0.1) is 0 Å². The molecule has 1 aliphatic heterocycles. The van der Waals surface area contributed by atoms with E-state index >= 15 is 0 Å². The lowest BCUT2D eigenvalue weighted by molar-refractivity contribution is 0.0674. The Balaban J connectivity index is 1.84. The Morgan fingerprint density at radius 2 is 1.80 bits per heavy atom. The molecule has 1 amide bonds. The van der Waals surface area contributed by atoms with Gasteiger partial charge >= 0.3 is 5.97 Å². The van der Waals surface area contributed by atoms with Crippen molar-refractivity contribution >= 4 is 11.9 Å². The summed E-state index contributed by atoms with van der Waals surface area (Å²) in [7, 11) is 1.74. The average molecular weight is 341 g/mol. The Labute approximate surface area is 147 Å². The molecule has 2 heterocycles. The Hall–Kier alpha value is -2.63. The maximum atomic E-state index is 12.8. The van der Waals surface area contributed by atoms with Crippen LogP contribution in [-0.4, -0.2) is 38.2 Å². The number of carboxylic acid groups (broad SMARTS) is 1. The summed E-state index contributed by atoms with van der Waals surface area (Å²) in [4.78, 5) is 25.9. The smallest absolute Gasteiger partial charge is 0.356 e. The van der Waals surface area contributed by atoms with Gasteiger partial charge in [0.1, 0.15) is 0 Å². The number of aromatic carboxylic acids is 1. The zero-order valence-electron chi connectivity index (χ0n) is 15.0. The van der Waals surface area contributed by atoms with E-state index in [4.69, 9.17) is 0 Å². The van der Waals surface area contributed by atoms with Gasteiger partial charge in [-0.25, -0.2) is 4.79 Å². The number of aromatic nitrogens is 2. The topological polar surface area (TPSA) is 75.4 Å². The summed E-state index contributed by atoms with van der Waals surface area (Å²) < 4.78 is 1.61. The molecular weight excluding hydrogens is 318 g/mol. The van der Waals surface area contributed by atoms with Crippen LogP contribution in [0, 0.1) is 0 Å². The van der Waals surface area contributed by atoms with Gasteiger partial charge in [0.05, 0.1) is 6.54 Å². The van der Waals surface area contributed by atoms with Crippen LogP contribution in [-0.2, 0) is 25.4 Å². The van der Waals surface area contributed by atoms with Gasteiger partial charge in [0, 0.05) is 36.8 Å². The summed E-state index contributed by atoms with van der Waals surface area (Å²) in [6.45, 7) is 7.24. The molecule has 3 rings (SSSR count). The molecule has 25 heavy (non-hydrogen) atoms. The SMILES string of the molecule is Cn1nc(C(=O)O)c2c1CCN(C(=O)c1ccc(C(C)(C)C)cc1)C2. The third-order valence-corrected chi connectivity index (χ3v) is 4.73. The third-order valence-electron chi connectivity index (χ3n) is 4.73. The Morgan fingerprint density at radius 3 is 2.36 bits per heavy atom. The Morgan fingerprint density at radius 1 is 1.16 bits per heavy atom. The van der Waals surface area contributed by atoms with Crippen molar-refractivity contribution in [2.24, 2.45) is 7.05 Å². The van der Waals surface area contributed by atoms with Crippen molar-refractivity contribution in [2.45, 2.75) is 39.2 Å². The molecule has 6 heteroatoms. The number of rotatable bonds is 2. The first-order valence-electron chi connectivity index (χ1n) is 8.36. The van der Waals surface area contributed by atoms with E-state index in [1.165, 1.54) is 5.56 Å². The molecule has 2 aromatic rings. The fourth-order valence-electron chi connectivity index (χ4n) is 3.23. The quantitative estimate of drug-likeness (QED) is 0.911. The van der Waals surface area contributed by atoms with Crippen molar-refractivity contribution in [1.82, 2.24) is 14.7 Å². The van der Waals surface area contributed by atoms with Gasteiger partial charge in [-0.05, 0) is 23.1 Å². The fraction of sp³-hybridized carbons (Fsp3) is 0.421. The molecule has 6 nitrogen and oxygen atoms in total. The number of hydrogen-bond donors (Lipinski definition) is 1. The minimum atomic E-state index is -1.05. The highest BCUT2D eigenvalue weighted by molar-refractivity contribution is 5.95. The third kappa shape index (κ3) is 3.16. The lowest BCUT2D eigenvalue weighted by Crippen LogP contribution is -2.36. The summed E-state index contributed by atoms with van der Waals surface area (Å²) in [6, 6.07) is 7.66. The monoisotopic (exact) mass is 341 g/mol. The minimum absolute atomic E-state index is 0.0354. The lowest BCUT2D eigenvalue weighted by atomic mass is 9.86. The predicted octanol–water partition coefficient (Wildman–Crippen LogP) is 2.61. The van der Waals surface area contributed by atoms with Crippen LogP contribution in [0.4, 0.5) is 0 Å². The molecule has 0 atom stereocenters. The number of benzene rings is 1. The first kappa shape index (κ1) is 17.2. The number of aryl methyl sites for hydroxylation is 1. The van der Waals surface area contributed by atoms with Crippen molar-refractivity contribution in [3.05, 3.63) is 52.3 Å². The van der Waals surface area contributed by atoms with Gasteiger partial charge in [-0.1, -0.05) is 32.9 Å². The Kier molecular flexibility index (Phi) is 4.14. The van der Waals surface area contributed by atoms with Crippen LogP contribution in [0.15, 0.2) is 24.3 Å². The second kappa shape index (κ2) is 6.02. The molecule has 1 N–H and O–H groups in total. The van der Waals surface area contributed by atoms with E-state index in [-0.39, 0.29) is 23.6 Å². The largest absolute Gasteiger partial charge is 0.476 e. The van der Waals surface area contributed by atoms with Crippen LogP contribution < -0.4 is 0 Å². The van der Waals surface area contributed by atoms with Crippen LogP contribution in [0.3, 0.4) is 0 Å². The maximum absolute atomic E-state index is 12.8. The number of fused-ring (bicyclic) bond motifs is 1. The average Bonchev–Trinajstić information content (AvgIpc) is 2.90. The van der Waals surface area contributed by atoms with Crippen molar-refractivity contribution in [3.63, 3.8) is 0 Å². The van der Waals surface area contributed by atoms with Crippen LogP contribution >= 0.6 is 0 Å². The van der Waals surface area contributed by atoms with Crippen LogP contribution in [0.25, 0.3) is 0 Å². The van der Waals surface area contributed by atoms with E-state index in [1.54, 1.807) is 16.6 Å². The van der Waals surface area contributed by atoms with Crippen molar-refractivity contribution in [3.8, 4) is 0 Å². The summed E-state index contributed by atoms with van der Waals surface area (Å²) in [5.41, 5.74) is 3.40. The summed E-state index contributed by atoms with van der Waals surface area (Å²) in [5, 5.41) is 13.4. The lowest BCUT2D eigenvalue weighted by Gasteiger charge is -2.28. The van der Waals surface area contributed by atoms with E-state index in [2.05, 4.69) is 25.9 Å². The molecular formula is C19H23N3O3. The highest BCUT2D eigenvalue weighted by Gasteiger charge is 2.29. The highest BCUT2D eigenvalue weighted by atomic mass is 16.4. The molecule has 0 spiro atoms. The number of nitrogens with zero attached hydrogens (tertiary/aromatic N) is 3. The molecule has 1 aliphatic rings. The minimum Gasteiger partial charge on any atom is -0.476 e. The molecule has 132 valence electrons. The molecule has 0 saturated carbocycles. The summed E-state index contributed by atoms with van der Waals surface area (Å²) in [5.74, 6) is -1.13. The molecule has 0 aliphatic carbocycles. The van der Waals surface area contributed by atoms with E-state index in [1.807, 2.05) is 24.3 Å². The normalized spacial score (nSPS) is 14.3. The van der Waals surface area contributed by atoms with Crippen molar-refractivity contribution in [1.29, 1.82) is 0 Å². The van der Waals surface area contributed by atoms with E-state index in [0.717, 1.165) is 5.69 Å². The summed E-state index contributed by atoms with van der Waals surface area (Å²) in [6.07, 6.45) is 0.609. The van der Waals surface area contributed by atoms with Gasteiger partial charge in [0.15, 0.2) is 5.69 Å². The molecule has 0 unspecified atom stereocenters. The first-order chi connectivity index (χ1) is 11.7. The van der Waals surface area contributed by atoms with Crippen LogP contribution in [0.2, 0.25) is 0 Å². The van der Waals surface area contributed by atoms with Crippen molar-refractivity contribution < 1.29 is 14.7 Å².